The van der Waals surface area contributed by atoms with Gasteiger partial charge in [-0.05, 0) is 18.9 Å². The first kappa shape index (κ1) is 24.3. The lowest BCUT2D eigenvalue weighted by atomic mass is 10.2. The summed E-state index contributed by atoms with van der Waals surface area (Å²) >= 11 is 0. The lowest BCUT2D eigenvalue weighted by Gasteiger charge is -2.15. The second-order valence-corrected chi connectivity index (χ2v) is 5.04. The Hall–Kier alpha value is -1.72. The van der Waals surface area contributed by atoms with E-state index in [4.69, 9.17) is 0 Å². The van der Waals surface area contributed by atoms with Crippen molar-refractivity contribution in [2.24, 2.45) is 4.99 Å². The molecule has 0 aliphatic heterocycles. The smallest absolute Gasteiger partial charge is 0.469 e. The van der Waals surface area contributed by atoms with Crippen molar-refractivity contribution in [3.63, 3.8) is 0 Å². The molecule has 148 valence electrons. The maximum atomic E-state index is 12.4. The summed E-state index contributed by atoms with van der Waals surface area (Å²) in [6, 6.07) is 5.90. The highest BCUT2D eigenvalue weighted by Gasteiger charge is 2.31. The molecule has 1 aromatic carbocycles. The van der Waals surface area contributed by atoms with Crippen molar-refractivity contribution in [1.29, 1.82) is 0 Å². The van der Waals surface area contributed by atoms with E-state index in [1.165, 1.54) is 25.3 Å². The van der Waals surface area contributed by atoms with Crippen LogP contribution in [-0.2, 0) is 16.1 Å². The van der Waals surface area contributed by atoms with Crippen LogP contribution in [0.4, 0.5) is 13.2 Å². The van der Waals surface area contributed by atoms with E-state index >= 15 is 0 Å². The minimum absolute atomic E-state index is 0. The van der Waals surface area contributed by atoms with Crippen molar-refractivity contribution in [2.75, 3.05) is 20.7 Å². The Morgan fingerprint density at radius 3 is 2.50 bits per heavy atom. The van der Waals surface area contributed by atoms with Crippen LogP contribution in [0.2, 0.25) is 0 Å². The fourth-order valence-corrected chi connectivity index (χ4v) is 1.98. The van der Waals surface area contributed by atoms with Gasteiger partial charge in [-0.15, -0.1) is 37.1 Å². The van der Waals surface area contributed by atoms with Crippen molar-refractivity contribution in [1.82, 2.24) is 10.6 Å². The average molecular weight is 489 g/mol. The van der Waals surface area contributed by atoms with Gasteiger partial charge in [0.15, 0.2) is 5.96 Å². The van der Waals surface area contributed by atoms with Crippen LogP contribution in [0.15, 0.2) is 29.3 Å². The number of ether oxygens (including phenoxy) is 2. The third-order valence-electron chi connectivity index (χ3n) is 3.20. The number of rotatable bonds is 8. The molecule has 0 unspecified atom stereocenters. The predicted molar refractivity (Wildman–Crippen MR) is 103 cm³/mol. The fourth-order valence-electron chi connectivity index (χ4n) is 1.98. The van der Waals surface area contributed by atoms with Gasteiger partial charge in [-0.2, -0.15) is 0 Å². The van der Waals surface area contributed by atoms with Gasteiger partial charge in [0.05, 0.1) is 7.11 Å². The van der Waals surface area contributed by atoms with Gasteiger partial charge in [0.25, 0.3) is 0 Å². The second kappa shape index (κ2) is 12.6. The molecule has 0 radical (unpaired) electrons. The molecular formula is C16H23F3IN3O3. The summed E-state index contributed by atoms with van der Waals surface area (Å²) in [5, 5.41) is 5.95. The van der Waals surface area contributed by atoms with Gasteiger partial charge in [0.1, 0.15) is 5.75 Å². The summed E-state index contributed by atoms with van der Waals surface area (Å²) in [4.78, 5) is 15.0. The molecule has 0 aliphatic rings. The number of nitrogens with zero attached hydrogens (tertiary/aromatic N) is 1. The zero-order chi connectivity index (χ0) is 18.7. The van der Waals surface area contributed by atoms with E-state index in [2.05, 4.69) is 25.1 Å². The molecule has 0 aliphatic carbocycles. The van der Waals surface area contributed by atoms with E-state index in [0.717, 1.165) is 6.42 Å². The number of hydrogen-bond donors (Lipinski definition) is 2. The minimum atomic E-state index is -4.74. The van der Waals surface area contributed by atoms with Crippen molar-refractivity contribution in [2.45, 2.75) is 32.2 Å². The first-order valence-corrected chi connectivity index (χ1v) is 7.70. The number of carbonyl (C=O) groups excluding carboxylic acids is 1. The molecule has 10 heteroatoms. The number of alkyl halides is 3. The predicted octanol–water partition coefficient (Wildman–Crippen LogP) is 3.21. The number of guanidine groups is 1. The third kappa shape index (κ3) is 10.3. The van der Waals surface area contributed by atoms with Gasteiger partial charge in [0.2, 0.25) is 0 Å². The molecule has 6 nitrogen and oxygen atoms in total. The summed E-state index contributed by atoms with van der Waals surface area (Å²) < 4.78 is 45.7. The highest BCUT2D eigenvalue weighted by Crippen LogP contribution is 2.25. The molecule has 0 aromatic heterocycles. The Labute approximate surface area is 167 Å². The first-order valence-electron chi connectivity index (χ1n) is 7.70. The molecule has 1 rings (SSSR count). The van der Waals surface area contributed by atoms with Gasteiger partial charge >= 0.3 is 12.3 Å². The number of esters is 1. The summed E-state index contributed by atoms with van der Waals surface area (Å²) in [5.41, 5.74) is 0.355. The Morgan fingerprint density at radius 1 is 1.19 bits per heavy atom. The van der Waals surface area contributed by atoms with Crippen LogP contribution in [0.3, 0.4) is 0 Å². The molecule has 0 amide bonds. The first-order chi connectivity index (χ1) is 11.9. The second-order valence-electron chi connectivity index (χ2n) is 5.04. The van der Waals surface area contributed by atoms with Crippen LogP contribution in [0, 0.1) is 0 Å². The SMILES string of the molecule is CN=C(NCCCCC(=O)OC)NCc1ccccc1OC(F)(F)F.I. The third-order valence-corrected chi connectivity index (χ3v) is 3.20. The van der Waals surface area contributed by atoms with Gasteiger partial charge < -0.3 is 20.1 Å². The van der Waals surface area contributed by atoms with E-state index < -0.39 is 6.36 Å². The van der Waals surface area contributed by atoms with E-state index in [1.807, 2.05) is 0 Å². The highest BCUT2D eigenvalue weighted by atomic mass is 127. The van der Waals surface area contributed by atoms with Crippen LogP contribution in [0.5, 0.6) is 5.75 Å². The number of halogens is 4. The summed E-state index contributed by atoms with van der Waals surface area (Å²) in [6.45, 7) is 0.686. The molecule has 0 bridgehead atoms. The molecule has 26 heavy (non-hydrogen) atoms. The zero-order valence-electron chi connectivity index (χ0n) is 14.6. The maximum Gasteiger partial charge on any atom is 0.573 e. The number of para-hydroxylation sites is 1. The Balaban J connectivity index is 0.00000625. The number of unbranched alkanes of at least 4 members (excludes halogenated alkanes) is 1. The number of hydrogen-bond acceptors (Lipinski definition) is 4. The Bertz CT molecular complexity index is 583. The largest absolute Gasteiger partial charge is 0.573 e. The summed E-state index contributed by atoms with van der Waals surface area (Å²) in [5.74, 6) is -0.0697. The van der Waals surface area contributed by atoms with Crippen LogP contribution >= 0.6 is 24.0 Å². The van der Waals surface area contributed by atoms with Gasteiger partial charge in [-0.25, -0.2) is 0 Å². The monoisotopic (exact) mass is 489 g/mol. The van der Waals surface area contributed by atoms with Crippen molar-refractivity contribution in [3.05, 3.63) is 29.8 Å². The molecular weight excluding hydrogens is 466 g/mol. The number of aliphatic imine (C=N–C) groups is 1. The van der Waals surface area contributed by atoms with Crippen molar-refractivity contribution >= 4 is 35.9 Å². The number of methoxy groups -OCH3 is 1. The molecule has 0 atom stereocenters. The quantitative estimate of drug-likeness (QED) is 0.193. The molecule has 0 fully saturated rings. The lowest BCUT2D eigenvalue weighted by molar-refractivity contribution is -0.274. The molecule has 2 N–H and O–H groups in total. The van der Waals surface area contributed by atoms with Crippen LogP contribution in [0.25, 0.3) is 0 Å². The molecule has 0 saturated carbocycles. The highest BCUT2D eigenvalue weighted by molar-refractivity contribution is 14.0. The van der Waals surface area contributed by atoms with Crippen LogP contribution < -0.4 is 15.4 Å². The molecule has 1 aromatic rings. The topological polar surface area (TPSA) is 72.0 Å². The van der Waals surface area contributed by atoms with Crippen LogP contribution in [0.1, 0.15) is 24.8 Å². The fraction of sp³-hybridized carbons (Fsp3) is 0.500. The maximum absolute atomic E-state index is 12.4. The Morgan fingerprint density at radius 2 is 1.88 bits per heavy atom. The van der Waals surface area contributed by atoms with Crippen molar-refractivity contribution < 1.29 is 27.4 Å². The standard InChI is InChI=1S/C16H22F3N3O3.HI/c1-20-15(21-10-6-5-9-14(23)24-2)22-11-12-7-3-4-8-13(12)25-16(17,18)19;/h3-4,7-8H,5-6,9-11H2,1-2H3,(H2,20,21,22);1H. The summed E-state index contributed by atoms with van der Waals surface area (Å²) in [7, 11) is 2.90. The van der Waals surface area contributed by atoms with E-state index in [-0.39, 0.29) is 42.2 Å². The van der Waals surface area contributed by atoms with Crippen LogP contribution in [-0.4, -0.2) is 39.0 Å². The van der Waals surface area contributed by atoms with E-state index in [9.17, 15) is 18.0 Å². The zero-order valence-corrected chi connectivity index (χ0v) is 16.9. The molecule has 0 spiro atoms. The molecule has 0 saturated heterocycles. The lowest BCUT2D eigenvalue weighted by Crippen LogP contribution is -2.37. The van der Waals surface area contributed by atoms with E-state index in [0.29, 0.717) is 30.9 Å². The average Bonchev–Trinajstić information content (AvgIpc) is 2.56. The van der Waals surface area contributed by atoms with Gasteiger partial charge in [0, 0.05) is 32.1 Å². The summed E-state index contributed by atoms with van der Waals surface area (Å²) in [6.07, 6.45) is -3.01. The van der Waals surface area contributed by atoms with E-state index in [1.54, 1.807) is 13.1 Å². The Kier molecular flexibility index (Phi) is 11.8. The van der Waals surface area contributed by atoms with Gasteiger partial charge in [-0.1, -0.05) is 18.2 Å². The molecule has 0 heterocycles. The minimum Gasteiger partial charge on any atom is -0.469 e. The normalized spacial score (nSPS) is 11.3. The number of carbonyl (C=O) groups is 1. The van der Waals surface area contributed by atoms with Crippen molar-refractivity contribution in [3.8, 4) is 5.75 Å². The number of benzene rings is 1. The number of nitrogens with one attached hydrogen (secondary N) is 2. The van der Waals surface area contributed by atoms with Gasteiger partial charge in [-0.3, -0.25) is 9.79 Å².